The van der Waals surface area contributed by atoms with Crippen molar-refractivity contribution in [3.63, 3.8) is 0 Å². The Morgan fingerprint density at radius 3 is 2.16 bits per heavy atom. The number of hydrogen-bond donors (Lipinski definition) is 1. The highest BCUT2D eigenvalue weighted by Gasteiger charge is 2.51. The molecule has 0 saturated carbocycles. The van der Waals surface area contributed by atoms with Crippen LogP contribution in [0.4, 0.5) is 4.39 Å². The van der Waals surface area contributed by atoms with Gasteiger partial charge < -0.3 is 15.0 Å². The van der Waals surface area contributed by atoms with Gasteiger partial charge >= 0.3 is 7.12 Å². The van der Waals surface area contributed by atoms with Crippen LogP contribution in [-0.4, -0.2) is 24.2 Å². The second-order valence-electron chi connectivity index (χ2n) is 5.73. The third-order valence-corrected chi connectivity index (χ3v) is 3.73. The number of rotatable bonds is 2. The molecule has 19 heavy (non-hydrogen) atoms. The number of halogens is 1. The van der Waals surface area contributed by atoms with Crippen LogP contribution in [0.3, 0.4) is 0 Å². The SMILES string of the molecule is CC1(C)OB(c2cc(F)cc(C(N)=O)c2)OC1(C)C. The highest BCUT2D eigenvalue weighted by molar-refractivity contribution is 6.62. The van der Waals surface area contributed by atoms with E-state index in [0.717, 1.165) is 6.07 Å². The maximum atomic E-state index is 13.5. The van der Waals surface area contributed by atoms with E-state index in [9.17, 15) is 9.18 Å². The predicted molar refractivity (Wildman–Crippen MR) is 70.6 cm³/mol. The fourth-order valence-electron chi connectivity index (χ4n) is 1.87. The van der Waals surface area contributed by atoms with E-state index in [1.165, 1.54) is 12.1 Å². The summed E-state index contributed by atoms with van der Waals surface area (Å²) < 4.78 is 25.1. The molecular weight excluding hydrogens is 248 g/mol. The number of amides is 1. The molecule has 1 fully saturated rings. The summed E-state index contributed by atoms with van der Waals surface area (Å²) in [7, 11) is -0.709. The average molecular weight is 265 g/mol. The standard InChI is InChI=1S/C13H17BFNO3/c1-12(2)13(3,4)19-14(18-12)9-5-8(11(16)17)6-10(15)7-9/h5-7H,1-4H3,(H2,16,17). The van der Waals surface area contributed by atoms with Gasteiger partial charge in [0.15, 0.2) is 0 Å². The lowest BCUT2D eigenvalue weighted by Gasteiger charge is -2.32. The van der Waals surface area contributed by atoms with Crippen LogP contribution in [0, 0.1) is 5.82 Å². The lowest BCUT2D eigenvalue weighted by Crippen LogP contribution is -2.41. The third kappa shape index (κ3) is 2.50. The Morgan fingerprint density at radius 2 is 1.68 bits per heavy atom. The molecule has 0 unspecified atom stereocenters. The quantitative estimate of drug-likeness (QED) is 0.818. The first-order chi connectivity index (χ1) is 8.62. The molecule has 1 amide bonds. The Labute approximate surface area is 112 Å². The summed E-state index contributed by atoms with van der Waals surface area (Å²) in [6, 6.07) is 3.87. The van der Waals surface area contributed by atoms with Crippen LogP contribution in [0.2, 0.25) is 0 Å². The van der Waals surface area contributed by atoms with Crippen molar-refractivity contribution in [2.45, 2.75) is 38.9 Å². The molecule has 6 heteroatoms. The first kappa shape index (κ1) is 14.0. The summed E-state index contributed by atoms with van der Waals surface area (Å²) in [6.45, 7) is 7.62. The molecule has 2 N–H and O–H groups in total. The maximum absolute atomic E-state index is 13.5. The lowest BCUT2D eigenvalue weighted by molar-refractivity contribution is 0.00578. The normalized spacial score (nSPS) is 20.6. The van der Waals surface area contributed by atoms with Gasteiger partial charge in [0.05, 0.1) is 11.2 Å². The summed E-state index contributed by atoms with van der Waals surface area (Å²) in [6.07, 6.45) is 0. The minimum absolute atomic E-state index is 0.102. The Hall–Kier alpha value is -1.40. The van der Waals surface area contributed by atoms with Gasteiger partial charge in [0.1, 0.15) is 5.82 Å². The third-order valence-electron chi connectivity index (χ3n) is 3.73. The van der Waals surface area contributed by atoms with Gasteiger partial charge in [-0.3, -0.25) is 4.79 Å². The Bertz CT molecular complexity index is 515. The molecule has 4 nitrogen and oxygen atoms in total. The zero-order valence-corrected chi connectivity index (χ0v) is 11.5. The van der Waals surface area contributed by atoms with Gasteiger partial charge in [-0.25, -0.2) is 4.39 Å². The molecule has 0 aliphatic carbocycles. The largest absolute Gasteiger partial charge is 0.494 e. The van der Waals surface area contributed by atoms with Crippen LogP contribution in [0.15, 0.2) is 18.2 Å². The summed E-state index contributed by atoms with van der Waals surface area (Å²) >= 11 is 0. The molecule has 1 aliphatic rings. The number of hydrogen-bond acceptors (Lipinski definition) is 3. The van der Waals surface area contributed by atoms with Gasteiger partial charge in [-0.2, -0.15) is 0 Å². The predicted octanol–water partition coefficient (Wildman–Crippen LogP) is 1.22. The van der Waals surface area contributed by atoms with Crippen LogP contribution in [0.25, 0.3) is 0 Å². The Kier molecular flexibility index (Phi) is 3.19. The van der Waals surface area contributed by atoms with Gasteiger partial charge in [-0.15, -0.1) is 0 Å². The van der Waals surface area contributed by atoms with Crippen LogP contribution >= 0.6 is 0 Å². The summed E-state index contributed by atoms with van der Waals surface area (Å²) in [4.78, 5) is 11.1. The molecule has 0 atom stereocenters. The molecule has 1 saturated heterocycles. The second-order valence-corrected chi connectivity index (χ2v) is 5.73. The number of benzene rings is 1. The van der Waals surface area contributed by atoms with Crippen molar-refractivity contribution >= 4 is 18.5 Å². The van der Waals surface area contributed by atoms with Crippen LogP contribution in [0.5, 0.6) is 0 Å². The van der Waals surface area contributed by atoms with Crippen LogP contribution < -0.4 is 11.2 Å². The van der Waals surface area contributed by atoms with E-state index in [2.05, 4.69) is 0 Å². The van der Waals surface area contributed by atoms with Crippen molar-refractivity contribution in [2.75, 3.05) is 0 Å². The second kappa shape index (κ2) is 4.32. The maximum Gasteiger partial charge on any atom is 0.494 e. The molecule has 102 valence electrons. The number of carbonyl (C=O) groups is 1. The number of nitrogens with two attached hydrogens (primary N) is 1. The van der Waals surface area contributed by atoms with Crippen LogP contribution in [-0.2, 0) is 9.31 Å². The average Bonchev–Trinajstić information content (AvgIpc) is 2.47. The molecule has 1 aromatic rings. The smallest absolute Gasteiger partial charge is 0.399 e. The molecule has 0 spiro atoms. The first-order valence-corrected chi connectivity index (χ1v) is 6.08. The molecule has 0 bridgehead atoms. The Balaban J connectivity index is 2.37. The molecule has 2 rings (SSSR count). The van der Waals surface area contributed by atoms with E-state index in [1.807, 2.05) is 27.7 Å². The van der Waals surface area contributed by atoms with E-state index in [-0.39, 0.29) is 5.56 Å². The molecule has 0 radical (unpaired) electrons. The van der Waals surface area contributed by atoms with Crippen LogP contribution in [0.1, 0.15) is 38.1 Å². The fraction of sp³-hybridized carbons (Fsp3) is 0.462. The molecule has 0 aromatic heterocycles. The van der Waals surface area contributed by atoms with E-state index < -0.39 is 30.0 Å². The number of carbonyl (C=O) groups excluding carboxylic acids is 1. The summed E-state index contributed by atoms with van der Waals surface area (Å²) in [5.74, 6) is -1.22. The van der Waals surface area contributed by atoms with E-state index in [4.69, 9.17) is 15.0 Å². The van der Waals surface area contributed by atoms with Crippen molar-refractivity contribution in [3.8, 4) is 0 Å². The minimum Gasteiger partial charge on any atom is -0.399 e. The van der Waals surface area contributed by atoms with Crippen molar-refractivity contribution in [1.82, 2.24) is 0 Å². The van der Waals surface area contributed by atoms with E-state index >= 15 is 0 Å². The molecule has 1 aromatic carbocycles. The van der Waals surface area contributed by atoms with Gasteiger partial charge in [-0.1, -0.05) is 0 Å². The molecular formula is C13H17BFNO3. The molecule has 1 aliphatic heterocycles. The molecule has 1 heterocycles. The summed E-state index contributed by atoms with van der Waals surface area (Å²) in [5, 5.41) is 0. The van der Waals surface area contributed by atoms with Crippen molar-refractivity contribution in [2.24, 2.45) is 5.73 Å². The van der Waals surface area contributed by atoms with E-state index in [0.29, 0.717) is 5.46 Å². The highest BCUT2D eigenvalue weighted by atomic mass is 19.1. The monoisotopic (exact) mass is 265 g/mol. The Morgan fingerprint density at radius 1 is 1.16 bits per heavy atom. The van der Waals surface area contributed by atoms with E-state index in [1.54, 1.807) is 0 Å². The van der Waals surface area contributed by atoms with Gasteiger partial charge in [0.2, 0.25) is 5.91 Å². The van der Waals surface area contributed by atoms with Gasteiger partial charge in [0, 0.05) is 5.56 Å². The minimum atomic E-state index is -0.709. The van der Waals surface area contributed by atoms with Gasteiger partial charge in [0.25, 0.3) is 0 Å². The highest BCUT2D eigenvalue weighted by Crippen LogP contribution is 2.36. The van der Waals surface area contributed by atoms with Crippen molar-refractivity contribution < 1.29 is 18.5 Å². The van der Waals surface area contributed by atoms with Crippen molar-refractivity contribution in [3.05, 3.63) is 29.6 Å². The topological polar surface area (TPSA) is 61.5 Å². The zero-order chi connectivity index (χ0) is 14.4. The van der Waals surface area contributed by atoms with Gasteiger partial charge in [-0.05, 0) is 51.4 Å². The summed E-state index contributed by atoms with van der Waals surface area (Å²) in [5.41, 5.74) is 4.69. The zero-order valence-electron chi connectivity index (χ0n) is 11.5. The van der Waals surface area contributed by atoms with Crippen molar-refractivity contribution in [1.29, 1.82) is 0 Å². The lowest BCUT2D eigenvalue weighted by atomic mass is 9.78. The fourth-order valence-corrected chi connectivity index (χ4v) is 1.87. The number of primary amides is 1. The first-order valence-electron chi connectivity index (χ1n) is 6.08.